The minimum atomic E-state index is -3.77. The molecule has 0 bridgehead atoms. The maximum atomic E-state index is 13.1. The number of hydrogen-bond acceptors (Lipinski definition) is 6. The minimum Gasteiger partial charge on any atom is -0.482 e. The number of carbonyl (C=O) groups excluding carboxylic acids is 1. The highest BCUT2D eigenvalue weighted by molar-refractivity contribution is 7.89. The van der Waals surface area contributed by atoms with Gasteiger partial charge in [-0.05, 0) is 41.8 Å². The third kappa shape index (κ3) is 5.19. The van der Waals surface area contributed by atoms with Crippen molar-refractivity contribution in [1.29, 1.82) is 0 Å². The van der Waals surface area contributed by atoms with Gasteiger partial charge in [-0.2, -0.15) is 4.31 Å². The van der Waals surface area contributed by atoms with E-state index in [1.54, 1.807) is 0 Å². The lowest BCUT2D eigenvalue weighted by Crippen LogP contribution is -2.35. The number of rotatable bonds is 7. The Kier molecular flexibility index (Phi) is 6.82. The van der Waals surface area contributed by atoms with Crippen LogP contribution in [0.5, 0.6) is 5.75 Å². The largest absolute Gasteiger partial charge is 0.482 e. The molecule has 0 saturated heterocycles. The highest BCUT2D eigenvalue weighted by Gasteiger charge is 2.28. The molecule has 0 unspecified atom stereocenters. The number of benzene rings is 3. The van der Waals surface area contributed by atoms with Crippen LogP contribution in [0.15, 0.2) is 71.6 Å². The molecule has 0 atom stereocenters. The Labute approximate surface area is 201 Å². The standard InChI is InChI=1S/C23H20ClN3O6S/c24-21-13-20(34(31,32)26-11-10-16-4-1-2-5-17(16)14-26)8-9-22(21)33-15-23(28)25-18-6-3-7-19(12-18)27(29)30/h1-9,12-13H,10-11,14-15H2,(H,25,28). The van der Waals surface area contributed by atoms with Gasteiger partial charge in [-0.3, -0.25) is 14.9 Å². The van der Waals surface area contributed by atoms with Crippen LogP contribution in [0.4, 0.5) is 11.4 Å². The second-order valence-electron chi connectivity index (χ2n) is 7.59. The lowest BCUT2D eigenvalue weighted by Gasteiger charge is -2.28. The van der Waals surface area contributed by atoms with Gasteiger partial charge in [0.15, 0.2) is 6.61 Å². The van der Waals surface area contributed by atoms with Gasteiger partial charge in [-0.15, -0.1) is 0 Å². The van der Waals surface area contributed by atoms with Crippen molar-refractivity contribution < 1.29 is 22.9 Å². The number of amides is 1. The molecule has 1 N–H and O–H groups in total. The molecule has 11 heteroatoms. The monoisotopic (exact) mass is 501 g/mol. The van der Waals surface area contributed by atoms with E-state index in [9.17, 15) is 23.3 Å². The number of fused-ring (bicyclic) bond motifs is 1. The van der Waals surface area contributed by atoms with Crippen LogP contribution in [0.25, 0.3) is 0 Å². The normalized spacial score (nSPS) is 13.7. The molecule has 0 saturated carbocycles. The Morgan fingerprint density at radius 1 is 1.09 bits per heavy atom. The van der Waals surface area contributed by atoms with Crippen LogP contribution in [0.3, 0.4) is 0 Å². The van der Waals surface area contributed by atoms with E-state index in [2.05, 4.69) is 5.32 Å². The van der Waals surface area contributed by atoms with Crippen LogP contribution in [-0.4, -0.2) is 36.7 Å². The van der Waals surface area contributed by atoms with Crippen molar-refractivity contribution in [2.45, 2.75) is 17.9 Å². The number of anilines is 1. The van der Waals surface area contributed by atoms with Gasteiger partial charge in [0.2, 0.25) is 10.0 Å². The van der Waals surface area contributed by atoms with E-state index in [0.717, 1.165) is 11.1 Å². The van der Waals surface area contributed by atoms with Crippen molar-refractivity contribution in [1.82, 2.24) is 4.31 Å². The first-order valence-corrected chi connectivity index (χ1v) is 12.1. The number of nitrogens with zero attached hydrogens (tertiary/aromatic N) is 2. The van der Waals surface area contributed by atoms with Gasteiger partial charge in [-0.1, -0.05) is 41.9 Å². The Hall–Kier alpha value is -3.47. The van der Waals surface area contributed by atoms with Crippen molar-refractivity contribution in [3.05, 3.63) is 93.0 Å². The molecule has 1 heterocycles. The quantitative estimate of drug-likeness (QED) is 0.386. The molecule has 9 nitrogen and oxygen atoms in total. The number of nitro groups is 1. The second-order valence-corrected chi connectivity index (χ2v) is 9.94. The minimum absolute atomic E-state index is 0.0327. The molecule has 1 amide bonds. The van der Waals surface area contributed by atoms with Gasteiger partial charge in [0, 0.05) is 30.9 Å². The van der Waals surface area contributed by atoms with Gasteiger partial charge in [0.1, 0.15) is 5.75 Å². The van der Waals surface area contributed by atoms with Gasteiger partial charge in [0.05, 0.1) is 14.8 Å². The number of halogens is 1. The molecular weight excluding hydrogens is 482 g/mol. The summed E-state index contributed by atoms with van der Waals surface area (Å²) in [6.07, 6.45) is 0.629. The number of nitrogens with one attached hydrogen (secondary N) is 1. The van der Waals surface area contributed by atoms with Gasteiger partial charge in [0.25, 0.3) is 11.6 Å². The van der Waals surface area contributed by atoms with Crippen LogP contribution in [0.2, 0.25) is 5.02 Å². The van der Waals surface area contributed by atoms with E-state index in [1.807, 2.05) is 24.3 Å². The third-order valence-electron chi connectivity index (χ3n) is 5.34. The van der Waals surface area contributed by atoms with Crippen LogP contribution in [0, 0.1) is 10.1 Å². The van der Waals surface area contributed by atoms with E-state index >= 15 is 0 Å². The highest BCUT2D eigenvalue weighted by atomic mass is 35.5. The van der Waals surface area contributed by atoms with E-state index in [-0.39, 0.29) is 33.6 Å². The maximum Gasteiger partial charge on any atom is 0.271 e. The first-order valence-electron chi connectivity index (χ1n) is 10.3. The fourth-order valence-electron chi connectivity index (χ4n) is 3.62. The smallest absolute Gasteiger partial charge is 0.271 e. The zero-order valence-corrected chi connectivity index (χ0v) is 19.4. The predicted octanol–water partition coefficient (Wildman–Crippen LogP) is 4.01. The molecule has 34 heavy (non-hydrogen) atoms. The summed E-state index contributed by atoms with van der Waals surface area (Å²) in [7, 11) is -3.77. The first-order chi connectivity index (χ1) is 16.2. The number of ether oxygens (including phenoxy) is 1. The Bertz CT molecular complexity index is 1360. The third-order valence-corrected chi connectivity index (χ3v) is 7.47. The highest BCUT2D eigenvalue weighted by Crippen LogP contribution is 2.31. The molecule has 0 aromatic heterocycles. The van der Waals surface area contributed by atoms with Crippen molar-refractivity contribution in [3.63, 3.8) is 0 Å². The van der Waals surface area contributed by atoms with Crippen molar-refractivity contribution >= 4 is 38.9 Å². The number of sulfonamides is 1. The van der Waals surface area contributed by atoms with Crippen molar-refractivity contribution in [3.8, 4) is 5.75 Å². The average molecular weight is 502 g/mol. The number of hydrogen-bond donors (Lipinski definition) is 1. The summed E-state index contributed by atoms with van der Waals surface area (Å²) in [6.45, 7) is 0.233. The average Bonchev–Trinajstić information content (AvgIpc) is 2.83. The number of nitro benzene ring substituents is 1. The number of carbonyl (C=O) groups is 1. The van der Waals surface area contributed by atoms with Crippen molar-refractivity contribution in [2.75, 3.05) is 18.5 Å². The SMILES string of the molecule is O=C(COc1ccc(S(=O)(=O)N2CCc3ccccc3C2)cc1Cl)Nc1cccc([N+](=O)[O-])c1. The molecule has 4 rings (SSSR count). The summed E-state index contributed by atoms with van der Waals surface area (Å²) in [5, 5.41) is 13.4. The summed E-state index contributed by atoms with van der Waals surface area (Å²) in [6, 6.07) is 17.3. The Balaban J connectivity index is 1.40. The summed E-state index contributed by atoms with van der Waals surface area (Å²) >= 11 is 6.24. The van der Waals surface area contributed by atoms with E-state index in [0.29, 0.717) is 13.0 Å². The predicted molar refractivity (Wildman–Crippen MR) is 126 cm³/mol. The fourth-order valence-corrected chi connectivity index (χ4v) is 5.37. The van der Waals surface area contributed by atoms with Gasteiger partial charge >= 0.3 is 0 Å². The van der Waals surface area contributed by atoms with Gasteiger partial charge < -0.3 is 10.1 Å². The van der Waals surface area contributed by atoms with E-state index in [4.69, 9.17) is 16.3 Å². The number of non-ortho nitro benzene ring substituents is 1. The van der Waals surface area contributed by atoms with Gasteiger partial charge in [-0.25, -0.2) is 8.42 Å². The fraction of sp³-hybridized carbons (Fsp3) is 0.174. The summed E-state index contributed by atoms with van der Waals surface area (Å²) in [5.74, 6) is -0.418. The molecule has 1 aliphatic heterocycles. The van der Waals surface area contributed by atoms with Crippen LogP contribution in [-0.2, 0) is 27.8 Å². The van der Waals surface area contributed by atoms with Crippen LogP contribution >= 0.6 is 11.6 Å². The summed E-state index contributed by atoms with van der Waals surface area (Å²) < 4.78 is 33.1. The second kappa shape index (κ2) is 9.80. The molecule has 0 aliphatic carbocycles. The summed E-state index contributed by atoms with van der Waals surface area (Å²) in [4.78, 5) is 22.5. The van der Waals surface area contributed by atoms with E-state index < -0.39 is 27.5 Å². The van der Waals surface area contributed by atoms with Crippen LogP contribution in [0.1, 0.15) is 11.1 Å². The molecule has 0 fully saturated rings. The molecule has 1 aliphatic rings. The Morgan fingerprint density at radius 2 is 1.85 bits per heavy atom. The molecule has 3 aromatic carbocycles. The zero-order valence-electron chi connectivity index (χ0n) is 17.8. The van der Waals surface area contributed by atoms with Crippen LogP contribution < -0.4 is 10.1 Å². The molecule has 0 spiro atoms. The molecule has 0 radical (unpaired) electrons. The lowest BCUT2D eigenvalue weighted by molar-refractivity contribution is -0.384. The maximum absolute atomic E-state index is 13.1. The zero-order chi connectivity index (χ0) is 24.3. The molecule has 176 valence electrons. The summed E-state index contributed by atoms with van der Waals surface area (Å²) in [5.41, 5.74) is 2.20. The molecule has 3 aromatic rings. The first kappa shape index (κ1) is 23.7. The Morgan fingerprint density at radius 3 is 2.59 bits per heavy atom. The lowest BCUT2D eigenvalue weighted by atomic mass is 10.0. The van der Waals surface area contributed by atoms with E-state index in [1.165, 1.54) is 46.8 Å². The van der Waals surface area contributed by atoms with Crippen molar-refractivity contribution in [2.24, 2.45) is 0 Å². The molecular formula is C23H20ClN3O6S. The topological polar surface area (TPSA) is 119 Å².